The zero-order chi connectivity index (χ0) is 50.7. The molecule has 8 N–H and O–H groups in total. The number of allylic oxidation sites excluding steroid dienone is 1. The molecule has 0 spiro atoms. The number of hydrogen-bond acceptors (Lipinski definition) is 8. The van der Waals surface area contributed by atoms with Crippen molar-refractivity contribution in [3.8, 4) is 11.5 Å². The molecule has 16 heteroatoms. The SMILES string of the molecule is CC(C)CCCC(C)[C@H]1CC[C@H]2[C@@H]3CC[C@H]4C[C@@H](CCC=C(c5cc(Cl)c(O)c(C(=O)N[C@@H](CC(=O)O)C(=O)O)c5)c5cc(Cl)c(O)c(C(=O)N[C@@H](CC(=O)O)C(=O)O)c5)CC[C@]4(C)[C@H]3CC[C@]12C. The van der Waals surface area contributed by atoms with E-state index in [9.17, 15) is 59.4 Å². The lowest BCUT2D eigenvalue weighted by Crippen LogP contribution is -2.53. The number of fused-ring (bicyclic) bond motifs is 5. The van der Waals surface area contributed by atoms with Gasteiger partial charge in [0.1, 0.15) is 23.6 Å². The predicted octanol–water partition coefficient (Wildman–Crippen LogP) is 10.7. The number of aliphatic carboxylic acids is 4. The van der Waals surface area contributed by atoms with Crippen LogP contribution in [0.3, 0.4) is 0 Å². The van der Waals surface area contributed by atoms with Gasteiger partial charge in [0, 0.05) is 0 Å². The molecule has 4 aliphatic carbocycles. The Hall–Kier alpha value is -4.82. The van der Waals surface area contributed by atoms with Crippen LogP contribution in [-0.4, -0.2) is 78.4 Å². The van der Waals surface area contributed by atoms with Crippen LogP contribution in [0.15, 0.2) is 30.3 Å². The van der Waals surface area contributed by atoms with Crippen molar-refractivity contribution in [2.45, 2.75) is 149 Å². The Morgan fingerprint density at radius 2 is 1.22 bits per heavy atom. The van der Waals surface area contributed by atoms with Crippen LogP contribution in [0.1, 0.15) is 169 Å². The number of carboxylic acid groups (broad SMARTS) is 4. The second-order valence-electron chi connectivity index (χ2n) is 21.7. The molecule has 0 radical (unpaired) electrons. The lowest BCUT2D eigenvalue weighted by molar-refractivity contribution is -0.145. The Kier molecular flexibility index (Phi) is 17.1. The van der Waals surface area contributed by atoms with Crippen molar-refractivity contribution in [3.63, 3.8) is 0 Å². The summed E-state index contributed by atoms with van der Waals surface area (Å²) in [5.41, 5.74) is 0.478. The van der Waals surface area contributed by atoms with E-state index in [1.54, 1.807) is 0 Å². The smallest absolute Gasteiger partial charge is 0.326 e. The monoisotopic (exact) mass is 996 g/mol. The van der Waals surface area contributed by atoms with Gasteiger partial charge in [-0.2, -0.15) is 0 Å². The quantitative estimate of drug-likeness (QED) is 0.0617. The van der Waals surface area contributed by atoms with Crippen molar-refractivity contribution in [3.05, 3.63) is 62.6 Å². The predicted molar refractivity (Wildman–Crippen MR) is 261 cm³/mol. The molecule has 2 amide bonds. The molecule has 4 fully saturated rings. The summed E-state index contributed by atoms with van der Waals surface area (Å²) in [4.78, 5) is 73.5. The normalized spacial score (nSPS) is 27.4. The topological polar surface area (TPSA) is 248 Å². The van der Waals surface area contributed by atoms with Crippen LogP contribution in [0.2, 0.25) is 10.0 Å². The summed E-state index contributed by atoms with van der Waals surface area (Å²) in [7, 11) is 0. The number of aromatic hydroxyl groups is 2. The fourth-order valence-electron chi connectivity index (χ4n) is 13.6. The van der Waals surface area contributed by atoms with E-state index < -0.39 is 83.2 Å². The van der Waals surface area contributed by atoms with Crippen LogP contribution in [0.5, 0.6) is 11.5 Å². The number of benzene rings is 2. The minimum absolute atomic E-state index is 0.202. The van der Waals surface area contributed by atoms with Gasteiger partial charge in [-0.25, -0.2) is 9.59 Å². The maximum atomic E-state index is 13.5. The molecular weight excluding hydrogens is 927 g/mol. The van der Waals surface area contributed by atoms with Crippen molar-refractivity contribution in [2.75, 3.05) is 0 Å². The molecule has 2 aromatic rings. The number of phenolic OH excluding ortho intramolecular Hbond substituents is 2. The number of hydrogen-bond donors (Lipinski definition) is 8. The van der Waals surface area contributed by atoms with E-state index in [0.29, 0.717) is 29.2 Å². The number of phenols is 2. The molecule has 0 bridgehead atoms. The van der Waals surface area contributed by atoms with Crippen LogP contribution < -0.4 is 10.6 Å². The molecule has 378 valence electrons. The van der Waals surface area contributed by atoms with E-state index in [2.05, 4.69) is 45.3 Å². The van der Waals surface area contributed by atoms with Crippen LogP contribution in [0.4, 0.5) is 0 Å². The summed E-state index contributed by atoms with van der Waals surface area (Å²) in [5.74, 6) is -4.31. The van der Waals surface area contributed by atoms with Crippen molar-refractivity contribution in [1.29, 1.82) is 0 Å². The molecule has 2 aromatic carbocycles. The maximum absolute atomic E-state index is 13.5. The maximum Gasteiger partial charge on any atom is 0.326 e. The van der Waals surface area contributed by atoms with Crippen LogP contribution in [-0.2, 0) is 19.2 Å². The van der Waals surface area contributed by atoms with Gasteiger partial charge < -0.3 is 41.3 Å². The van der Waals surface area contributed by atoms with Crippen molar-refractivity contribution >= 4 is 64.5 Å². The highest BCUT2D eigenvalue weighted by atomic mass is 35.5. The molecule has 4 saturated carbocycles. The highest BCUT2D eigenvalue weighted by Gasteiger charge is 2.60. The first-order chi connectivity index (χ1) is 32.4. The number of carbonyl (C=O) groups excluding carboxylic acids is 2. The largest absolute Gasteiger partial charge is 0.506 e. The average molecular weight is 998 g/mol. The molecule has 0 aromatic heterocycles. The van der Waals surface area contributed by atoms with E-state index in [-0.39, 0.29) is 26.6 Å². The summed E-state index contributed by atoms with van der Waals surface area (Å²) in [5, 5.41) is 63.3. The van der Waals surface area contributed by atoms with Crippen LogP contribution in [0, 0.1) is 58.2 Å². The van der Waals surface area contributed by atoms with E-state index in [0.717, 1.165) is 61.2 Å². The molecule has 0 heterocycles. The Morgan fingerprint density at radius 3 is 1.72 bits per heavy atom. The van der Waals surface area contributed by atoms with E-state index in [4.69, 9.17) is 23.2 Å². The zero-order valence-electron chi connectivity index (χ0n) is 40.4. The molecular formula is C53H70Cl2N2O12. The van der Waals surface area contributed by atoms with E-state index >= 15 is 0 Å². The highest BCUT2D eigenvalue weighted by molar-refractivity contribution is 6.33. The van der Waals surface area contributed by atoms with Crippen LogP contribution in [0.25, 0.3) is 5.57 Å². The molecule has 69 heavy (non-hydrogen) atoms. The van der Waals surface area contributed by atoms with Gasteiger partial charge in [0.2, 0.25) is 0 Å². The third kappa shape index (κ3) is 11.9. The molecule has 0 saturated heterocycles. The Labute approximate surface area is 414 Å². The number of carboxylic acids is 4. The van der Waals surface area contributed by atoms with E-state index in [1.807, 2.05) is 6.08 Å². The summed E-state index contributed by atoms with van der Waals surface area (Å²) >= 11 is 13.0. The molecule has 14 nitrogen and oxygen atoms in total. The standard InChI is InChI=1S/C53H70Cl2N2O12/c1-27(2)8-6-9-28(3)37-14-15-38-34-13-12-32-20-29(16-18-52(32,4)39(34)17-19-53(37,38)5)10-7-11-33(30-21-35(46(62)40(54)23-30)48(64)56-42(50(66)67)25-44(58)59)31-22-36(47(63)41(55)24-31)49(65)57-43(51(68)69)26-45(60)61/h11,21-24,27-29,32,34,37-39,42-43,62-63H,6-10,12-20,25-26H2,1-5H3,(H,56,64)(H,57,65)(H,58,59)(H,60,61)(H,66,67)(H,68,69)/t28?,29-,32-,34-,37+,38-,39-,42-,43-,52-,53+/m0/s1. The van der Waals surface area contributed by atoms with Gasteiger partial charge in [0.05, 0.1) is 34.0 Å². The zero-order valence-corrected chi connectivity index (χ0v) is 41.9. The average Bonchev–Trinajstić information content (AvgIpc) is 3.63. The third-order valence-electron chi connectivity index (χ3n) is 17.1. The van der Waals surface area contributed by atoms with Gasteiger partial charge >= 0.3 is 23.9 Å². The minimum atomic E-state index is -1.85. The van der Waals surface area contributed by atoms with Gasteiger partial charge in [-0.05, 0) is 170 Å². The summed E-state index contributed by atoms with van der Waals surface area (Å²) in [6, 6.07) is 1.46. The van der Waals surface area contributed by atoms with Gasteiger partial charge in [0.25, 0.3) is 11.8 Å². The van der Waals surface area contributed by atoms with Gasteiger partial charge in [-0.15, -0.1) is 0 Å². The van der Waals surface area contributed by atoms with Gasteiger partial charge in [-0.3, -0.25) is 19.2 Å². The molecule has 6 rings (SSSR count). The summed E-state index contributed by atoms with van der Waals surface area (Å²) in [6.45, 7) is 12.4. The summed E-state index contributed by atoms with van der Waals surface area (Å²) in [6.07, 6.45) is 16.3. The Morgan fingerprint density at radius 1 is 0.696 bits per heavy atom. The molecule has 0 aliphatic heterocycles. The second-order valence-corrected chi connectivity index (χ2v) is 22.5. The van der Waals surface area contributed by atoms with Crippen molar-refractivity contribution < 1.29 is 59.4 Å². The lowest BCUT2D eigenvalue weighted by atomic mass is 9.44. The first-order valence-corrected chi connectivity index (χ1v) is 25.5. The third-order valence-corrected chi connectivity index (χ3v) is 17.7. The first kappa shape index (κ1) is 53.5. The highest BCUT2D eigenvalue weighted by Crippen LogP contribution is 2.69. The Balaban J connectivity index is 1.26. The lowest BCUT2D eigenvalue weighted by Gasteiger charge is -2.61. The molecule has 4 aliphatic rings. The number of carbonyl (C=O) groups is 6. The van der Waals surface area contributed by atoms with E-state index in [1.165, 1.54) is 82.1 Å². The summed E-state index contributed by atoms with van der Waals surface area (Å²) < 4.78 is 0. The van der Waals surface area contributed by atoms with Crippen molar-refractivity contribution in [2.24, 2.45) is 58.2 Å². The minimum Gasteiger partial charge on any atom is -0.506 e. The van der Waals surface area contributed by atoms with Gasteiger partial charge in [0.15, 0.2) is 0 Å². The molecule has 11 atom stereocenters. The fraction of sp³-hybridized carbons (Fsp3) is 0.623. The number of rotatable bonds is 20. The second kappa shape index (κ2) is 22.1. The fourth-order valence-corrected chi connectivity index (χ4v) is 14.0. The number of amides is 2. The number of halogens is 2. The van der Waals surface area contributed by atoms with Crippen molar-refractivity contribution in [1.82, 2.24) is 10.6 Å². The molecule has 1 unspecified atom stereocenters. The van der Waals surface area contributed by atoms with Crippen LogP contribution >= 0.6 is 23.2 Å². The van der Waals surface area contributed by atoms with Gasteiger partial charge in [-0.1, -0.05) is 83.2 Å². The Bertz CT molecular complexity index is 2230. The number of nitrogens with one attached hydrogen (secondary N) is 2. The first-order valence-electron chi connectivity index (χ1n) is 24.7.